The predicted molar refractivity (Wildman–Crippen MR) is 81.4 cm³/mol. The van der Waals surface area contributed by atoms with Gasteiger partial charge in [-0.2, -0.15) is 0 Å². The number of ether oxygens (including phenoxy) is 1. The van der Waals surface area contributed by atoms with Gasteiger partial charge in [-0.15, -0.1) is 0 Å². The third-order valence-electron chi connectivity index (χ3n) is 3.93. The van der Waals surface area contributed by atoms with Gasteiger partial charge in [-0.1, -0.05) is 19.1 Å². The molecule has 20 heavy (non-hydrogen) atoms. The monoisotopic (exact) mass is 276 g/mol. The van der Waals surface area contributed by atoms with Gasteiger partial charge in [0, 0.05) is 24.8 Å². The van der Waals surface area contributed by atoms with E-state index >= 15 is 0 Å². The fourth-order valence-corrected chi connectivity index (χ4v) is 2.80. The molecular weight excluding hydrogens is 252 g/mol. The predicted octanol–water partition coefficient (Wildman–Crippen LogP) is 2.46. The minimum atomic E-state index is -0.0792. The molecule has 0 bridgehead atoms. The minimum absolute atomic E-state index is 0.0792. The highest BCUT2D eigenvalue weighted by Gasteiger charge is 2.32. The Morgan fingerprint density at radius 3 is 2.70 bits per heavy atom. The van der Waals surface area contributed by atoms with Crippen molar-refractivity contribution in [2.24, 2.45) is 0 Å². The van der Waals surface area contributed by atoms with E-state index in [0.717, 1.165) is 37.2 Å². The number of rotatable bonds is 6. The molecule has 0 aromatic heterocycles. The zero-order valence-electron chi connectivity index (χ0n) is 12.4. The average molecular weight is 276 g/mol. The Balaban J connectivity index is 2.24. The lowest BCUT2D eigenvalue weighted by Crippen LogP contribution is -2.51. The molecule has 1 heterocycles. The van der Waals surface area contributed by atoms with Gasteiger partial charge in [0.1, 0.15) is 0 Å². The van der Waals surface area contributed by atoms with Crippen LogP contribution in [0.4, 0.5) is 5.69 Å². The largest absolute Gasteiger partial charge is 0.382 e. The second-order valence-electron chi connectivity index (χ2n) is 5.41. The number of para-hydroxylation sites is 1. The van der Waals surface area contributed by atoms with E-state index in [1.807, 2.05) is 31.2 Å². The van der Waals surface area contributed by atoms with Gasteiger partial charge in [0.25, 0.3) is 0 Å². The zero-order chi connectivity index (χ0) is 14.4. The lowest BCUT2D eigenvalue weighted by Gasteiger charge is -2.39. The Labute approximate surface area is 120 Å². The van der Waals surface area contributed by atoms with Crippen LogP contribution in [0.25, 0.3) is 0 Å². The van der Waals surface area contributed by atoms with Crippen molar-refractivity contribution >= 4 is 11.5 Å². The molecule has 2 rings (SSSR count). The van der Waals surface area contributed by atoms with E-state index in [0.29, 0.717) is 13.0 Å². The number of ketones is 1. The summed E-state index contributed by atoms with van der Waals surface area (Å²) in [6, 6.07) is 7.77. The Hall–Kier alpha value is -1.39. The Bertz CT molecular complexity index is 448. The number of anilines is 1. The summed E-state index contributed by atoms with van der Waals surface area (Å²) in [4.78, 5) is 12.1. The molecule has 1 aliphatic heterocycles. The van der Waals surface area contributed by atoms with Crippen LogP contribution in [0, 0.1) is 0 Å². The number of methoxy groups -OCH3 is 1. The molecule has 1 fully saturated rings. The van der Waals surface area contributed by atoms with Gasteiger partial charge < -0.3 is 15.4 Å². The van der Waals surface area contributed by atoms with Gasteiger partial charge >= 0.3 is 0 Å². The first kappa shape index (κ1) is 15.0. The number of Topliss-reactive ketones (excluding diaryl/α,β-unsaturated/α-hetero) is 1. The molecule has 110 valence electrons. The molecule has 4 nitrogen and oxygen atoms in total. The topological polar surface area (TPSA) is 50.4 Å². The summed E-state index contributed by atoms with van der Waals surface area (Å²) >= 11 is 0. The molecule has 0 radical (unpaired) electrons. The number of hydrogen-bond donors (Lipinski definition) is 2. The van der Waals surface area contributed by atoms with E-state index in [-0.39, 0.29) is 11.3 Å². The molecule has 1 aliphatic rings. The standard InChI is InChI=1S/C16H24N2O2/c1-3-15(19)13-6-4-5-7-14(13)18-16(12-20-2)8-10-17-11-9-16/h4-7,17-18H,3,8-12H2,1-2H3. The van der Waals surface area contributed by atoms with E-state index in [1.54, 1.807) is 7.11 Å². The van der Waals surface area contributed by atoms with E-state index in [1.165, 1.54) is 0 Å². The lowest BCUT2D eigenvalue weighted by molar-refractivity contribution is 0.0988. The third-order valence-corrected chi connectivity index (χ3v) is 3.93. The van der Waals surface area contributed by atoms with Crippen LogP contribution in [-0.4, -0.2) is 38.1 Å². The number of carbonyl (C=O) groups excluding carboxylic acids is 1. The van der Waals surface area contributed by atoms with Crippen molar-refractivity contribution < 1.29 is 9.53 Å². The summed E-state index contributed by atoms with van der Waals surface area (Å²) in [5.74, 6) is 0.176. The normalized spacial score (nSPS) is 17.7. The lowest BCUT2D eigenvalue weighted by atomic mass is 9.88. The molecule has 0 unspecified atom stereocenters. The first-order valence-electron chi connectivity index (χ1n) is 7.31. The van der Waals surface area contributed by atoms with Crippen molar-refractivity contribution in [3.63, 3.8) is 0 Å². The molecular formula is C16H24N2O2. The van der Waals surface area contributed by atoms with Crippen molar-refractivity contribution in [2.45, 2.75) is 31.7 Å². The maximum absolute atomic E-state index is 12.1. The van der Waals surface area contributed by atoms with E-state index in [4.69, 9.17) is 4.74 Å². The summed E-state index contributed by atoms with van der Waals surface area (Å²) < 4.78 is 5.41. The molecule has 0 spiro atoms. The first-order valence-corrected chi connectivity index (χ1v) is 7.31. The Morgan fingerprint density at radius 2 is 2.05 bits per heavy atom. The van der Waals surface area contributed by atoms with E-state index < -0.39 is 0 Å². The van der Waals surface area contributed by atoms with Crippen molar-refractivity contribution in [2.75, 3.05) is 32.1 Å². The van der Waals surface area contributed by atoms with Crippen molar-refractivity contribution in [1.82, 2.24) is 5.32 Å². The number of hydrogen-bond acceptors (Lipinski definition) is 4. The van der Waals surface area contributed by atoms with E-state index in [2.05, 4.69) is 10.6 Å². The van der Waals surface area contributed by atoms with Crippen LogP contribution in [0.1, 0.15) is 36.5 Å². The highest BCUT2D eigenvalue weighted by atomic mass is 16.5. The summed E-state index contributed by atoms with van der Waals surface area (Å²) in [6.07, 6.45) is 2.52. The van der Waals surface area contributed by atoms with Crippen LogP contribution in [-0.2, 0) is 4.74 Å². The number of nitrogens with one attached hydrogen (secondary N) is 2. The van der Waals surface area contributed by atoms with Gasteiger partial charge in [0.2, 0.25) is 0 Å². The van der Waals surface area contributed by atoms with Crippen LogP contribution >= 0.6 is 0 Å². The summed E-state index contributed by atoms with van der Waals surface area (Å²) in [5, 5.41) is 6.96. The summed E-state index contributed by atoms with van der Waals surface area (Å²) in [6.45, 7) is 4.50. The second kappa shape index (κ2) is 6.86. The first-order chi connectivity index (χ1) is 9.71. The smallest absolute Gasteiger partial charge is 0.164 e. The van der Waals surface area contributed by atoms with Crippen LogP contribution < -0.4 is 10.6 Å². The highest BCUT2D eigenvalue weighted by molar-refractivity contribution is 6.01. The molecule has 1 aromatic rings. The van der Waals surface area contributed by atoms with Gasteiger partial charge in [0.15, 0.2) is 5.78 Å². The highest BCUT2D eigenvalue weighted by Crippen LogP contribution is 2.27. The number of carbonyl (C=O) groups is 1. The zero-order valence-corrected chi connectivity index (χ0v) is 12.4. The molecule has 4 heteroatoms. The van der Waals surface area contributed by atoms with Crippen LogP contribution in [0.5, 0.6) is 0 Å². The SMILES string of the molecule is CCC(=O)c1ccccc1NC1(COC)CCNCC1. The Kier molecular flexibility index (Phi) is 5.15. The summed E-state index contributed by atoms with van der Waals surface area (Å²) in [5.41, 5.74) is 1.63. The fourth-order valence-electron chi connectivity index (χ4n) is 2.80. The van der Waals surface area contributed by atoms with Gasteiger partial charge in [-0.25, -0.2) is 0 Å². The quantitative estimate of drug-likeness (QED) is 0.784. The van der Waals surface area contributed by atoms with Crippen LogP contribution in [0.2, 0.25) is 0 Å². The van der Waals surface area contributed by atoms with Crippen molar-refractivity contribution in [3.05, 3.63) is 29.8 Å². The average Bonchev–Trinajstić information content (AvgIpc) is 2.48. The molecule has 1 saturated heterocycles. The van der Waals surface area contributed by atoms with Gasteiger partial charge in [0.05, 0.1) is 12.1 Å². The summed E-state index contributed by atoms with van der Waals surface area (Å²) in [7, 11) is 1.73. The Morgan fingerprint density at radius 1 is 1.35 bits per heavy atom. The van der Waals surface area contributed by atoms with Crippen molar-refractivity contribution in [3.8, 4) is 0 Å². The maximum Gasteiger partial charge on any atom is 0.164 e. The third kappa shape index (κ3) is 3.38. The molecule has 0 atom stereocenters. The molecule has 0 amide bonds. The number of piperidine rings is 1. The minimum Gasteiger partial charge on any atom is -0.382 e. The second-order valence-corrected chi connectivity index (χ2v) is 5.41. The van der Waals surface area contributed by atoms with Gasteiger partial charge in [-0.3, -0.25) is 4.79 Å². The van der Waals surface area contributed by atoms with Crippen LogP contribution in [0.15, 0.2) is 24.3 Å². The molecule has 0 aliphatic carbocycles. The van der Waals surface area contributed by atoms with E-state index in [9.17, 15) is 4.79 Å². The van der Waals surface area contributed by atoms with Gasteiger partial charge in [-0.05, 0) is 38.1 Å². The molecule has 2 N–H and O–H groups in total. The fraction of sp³-hybridized carbons (Fsp3) is 0.562. The van der Waals surface area contributed by atoms with Crippen molar-refractivity contribution in [1.29, 1.82) is 0 Å². The maximum atomic E-state index is 12.1. The number of benzene rings is 1. The molecule has 0 saturated carbocycles. The molecule has 1 aromatic carbocycles. The van der Waals surface area contributed by atoms with Crippen LogP contribution in [0.3, 0.4) is 0 Å².